The molecule has 0 saturated carbocycles. The second-order valence-corrected chi connectivity index (χ2v) is 10.1. The summed E-state index contributed by atoms with van der Waals surface area (Å²) in [5.74, 6) is -0.631. The highest BCUT2D eigenvalue weighted by Crippen LogP contribution is 2.37. The summed E-state index contributed by atoms with van der Waals surface area (Å²) in [7, 11) is -2.60. The molecule has 0 unspecified atom stereocenters. The number of hydrogen-bond donors (Lipinski definition) is 0. The van der Waals surface area contributed by atoms with Gasteiger partial charge in [0.2, 0.25) is 10.0 Å². The van der Waals surface area contributed by atoms with Crippen LogP contribution in [-0.2, 0) is 21.3 Å². The summed E-state index contributed by atoms with van der Waals surface area (Å²) < 4.78 is 33.7. The number of nitrogens with zero attached hydrogens (tertiary/aromatic N) is 2. The normalized spacial score (nSPS) is 15.6. The van der Waals surface area contributed by atoms with Gasteiger partial charge in [0.05, 0.1) is 7.11 Å². The molecule has 0 amide bonds. The minimum atomic E-state index is -3.86. The lowest BCUT2D eigenvalue weighted by atomic mass is 10.1. The Morgan fingerprint density at radius 3 is 2.19 bits per heavy atom. The first kappa shape index (κ1) is 21.7. The van der Waals surface area contributed by atoms with Gasteiger partial charge in [-0.05, 0) is 11.1 Å². The first-order valence-electron chi connectivity index (χ1n) is 10.0. The van der Waals surface area contributed by atoms with Gasteiger partial charge >= 0.3 is 5.97 Å². The lowest BCUT2D eigenvalue weighted by molar-refractivity contribution is 0.0602. The van der Waals surface area contributed by atoms with E-state index >= 15 is 0 Å². The second kappa shape index (κ2) is 9.32. The van der Waals surface area contributed by atoms with Crippen LogP contribution in [0, 0.1) is 0 Å². The van der Waals surface area contributed by atoms with Crippen molar-refractivity contribution in [1.82, 2.24) is 9.21 Å². The fourth-order valence-electron chi connectivity index (χ4n) is 3.75. The minimum absolute atomic E-state index is 0.0482. The number of methoxy groups -OCH3 is 1. The van der Waals surface area contributed by atoms with Crippen molar-refractivity contribution in [2.24, 2.45) is 0 Å². The van der Waals surface area contributed by atoms with Crippen molar-refractivity contribution in [2.45, 2.75) is 11.4 Å². The van der Waals surface area contributed by atoms with Crippen molar-refractivity contribution < 1.29 is 17.9 Å². The molecule has 0 spiro atoms. The fourth-order valence-corrected chi connectivity index (χ4v) is 6.85. The summed E-state index contributed by atoms with van der Waals surface area (Å²) >= 11 is 1.11. The number of ether oxygens (including phenoxy) is 1. The van der Waals surface area contributed by atoms with Crippen LogP contribution in [0.15, 0.2) is 70.9 Å². The number of thiophene rings is 1. The van der Waals surface area contributed by atoms with Crippen molar-refractivity contribution in [2.75, 3.05) is 33.3 Å². The Kier molecular flexibility index (Phi) is 6.52. The number of carbonyl (C=O) groups is 1. The third kappa shape index (κ3) is 4.57. The van der Waals surface area contributed by atoms with Crippen LogP contribution in [0.3, 0.4) is 0 Å². The van der Waals surface area contributed by atoms with E-state index in [4.69, 9.17) is 4.74 Å². The molecule has 1 aromatic heterocycles. The van der Waals surface area contributed by atoms with Crippen LogP contribution < -0.4 is 0 Å². The van der Waals surface area contributed by atoms with Gasteiger partial charge in [-0.25, -0.2) is 13.2 Å². The summed E-state index contributed by atoms with van der Waals surface area (Å²) in [5.41, 5.74) is 2.50. The van der Waals surface area contributed by atoms with Gasteiger partial charge in [-0.15, -0.1) is 11.3 Å². The lowest BCUT2D eigenvalue weighted by Gasteiger charge is -2.34. The third-order valence-corrected chi connectivity index (χ3v) is 8.45. The largest absolute Gasteiger partial charge is 0.465 e. The molecule has 3 aromatic rings. The number of esters is 1. The van der Waals surface area contributed by atoms with E-state index in [1.807, 2.05) is 48.5 Å². The quantitative estimate of drug-likeness (QED) is 0.529. The van der Waals surface area contributed by atoms with Crippen LogP contribution in [0.4, 0.5) is 0 Å². The van der Waals surface area contributed by atoms with Gasteiger partial charge in [-0.1, -0.05) is 60.7 Å². The zero-order valence-corrected chi connectivity index (χ0v) is 18.9. The highest BCUT2D eigenvalue weighted by atomic mass is 32.2. The van der Waals surface area contributed by atoms with Gasteiger partial charge in [0.25, 0.3) is 0 Å². The maximum absolute atomic E-state index is 13.7. The predicted molar refractivity (Wildman–Crippen MR) is 122 cm³/mol. The molecule has 162 valence electrons. The third-order valence-electron chi connectivity index (χ3n) is 5.38. The summed E-state index contributed by atoms with van der Waals surface area (Å²) in [6.07, 6.45) is 0. The highest BCUT2D eigenvalue weighted by Gasteiger charge is 2.35. The average Bonchev–Trinajstić information content (AvgIpc) is 3.26. The number of hydrogen-bond acceptors (Lipinski definition) is 6. The van der Waals surface area contributed by atoms with Gasteiger partial charge < -0.3 is 4.74 Å². The van der Waals surface area contributed by atoms with Gasteiger partial charge in [0.15, 0.2) is 0 Å². The van der Waals surface area contributed by atoms with Crippen LogP contribution in [0.25, 0.3) is 11.1 Å². The Balaban J connectivity index is 1.60. The molecule has 0 bridgehead atoms. The van der Waals surface area contributed by atoms with E-state index in [0.29, 0.717) is 31.7 Å². The summed E-state index contributed by atoms with van der Waals surface area (Å²) in [6, 6.07) is 19.4. The number of carbonyl (C=O) groups excluding carboxylic acids is 1. The number of sulfonamides is 1. The van der Waals surface area contributed by atoms with E-state index in [-0.39, 0.29) is 9.77 Å². The zero-order valence-electron chi connectivity index (χ0n) is 17.2. The second-order valence-electron chi connectivity index (χ2n) is 7.33. The number of benzene rings is 2. The van der Waals surface area contributed by atoms with Crippen LogP contribution in [0.1, 0.15) is 15.2 Å². The molecular formula is C23H24N2O4S2. The molecule has 4 rings (SSSR count). The molecule has 0 N–H and O–H groups in total. The molecule has 8 heteroatoms. The molecular weight excluding hydrogens is 432 g/mol. The highest BCUT2D eigenvalue weighted by molar-refractivity contribution is 7.89. The van der Waals surface area contributed by atoms with Crippen LogP contribution in [0.2, 0.25) is 0 Å². The van der Waals surface area contributed by atoms with E-state index in [1.165, 1.54) is 17.0 Å². The number of rotatable bonds is 6. The van der Waals surface area contributed by atoms with Crippen molar-refractivity contribution in [3.8, 4) is 11.1 Å². The molecule has 2 aromatic carbocycles. The number of piperazine rings is 1. The van der Waals surface area contributed by atoms with E-state index in [1.54, 1.807) is 5.38 Å². The molecule has 1 aliphatic heterocycles. The Morgan fingerprint density at radius 2 is 1.58 bits per heavy atom. The van der Waals surface area contributed by atoms with Crippen LogP contribution in [0.5, 0.6) is 0 Å². The van der Waals surface area contributed by atoms with E-state index in [0.717, 1.165) is 23.4 Å². The average molecular weight is 457 g/mol. The maximum atomic E-state index is 13.7. The molecule has 0 aliphatic carbocycles. The monoisotopic (exact) mass is 456 g/mol. The van der Waals surface area contributed by atoms with Crippen molar-refractivity contribution in [3.63, 3.8) is 0 Å². The summed E-state index contributed by atoms with van der Waals surface area (Å²) in [5, 5.41) is 1.72. The lowest BCUT2D eigenvalue weighted by Crippen LogP contribution is -2.48. The minimum Gasteiger partial charge on any atom is -0.465 e. The summed E-state index contributed by atoms with van der Waals surface area (Å²) in [4.78, 5) is 14.8. The predicted octanol–water partition coefficient (Wildman–Crippen LogP) is 3.71. The molecule has 0 radical (unpaired) electrons. The molecule has 31 heavy (non-hydrogen) atoms. The fraction of sp³-hybridized carbons (Fsp3) is 0.261. The molecule has 0 atom stereocenters. The van der Waals surface area contributed by atoms with E-state index in [9.17, 15) is 13.2 Å². The van der Waals surface area contributed by atoms with E-state index in [2.05, 4.69) is 17.0 Å². The molecule has 1 fully saturated rings. The van der Waals surface area contributed by atoms with Crippen molar-refractivity contribution in [3.05, 3.63) is 76.5 Å². The van der Waals surface area contributed by atoms with E-state index < -0.39 is 16.0 Å². The van der Waals surface area contributed by atoms with Gasteiger partial charge in [-0.3, -0.25) is 4.90 Å². The maximum Gasteiger partial charge on any atom is 0.349 e. The standard InChI is InChI=1S/C23H24N2O4S2/c1-29-23(26)21-22(20(17-30-21)19-10-6-3-7-11-19)31(27,28)25-14-12-24(13-15-25)16-18-8-4-2-5-9-18/h2-11,17H,12-16H2,1H3. The molecule has 1 aliphatic rings. The van der Waals surface area contributed by atoms with Crippen molar-refractivity contribution in [1.29, 1.82) is 0 Å². The smallest absolute Gasteiger partial charge is 0.349 e. The van der Waals surface area contributed by atoms with Crippen molar-refractivity contribution >= 4 is 27.3 Å². The first-order chi connectivity index (χ1) is 15.0. The molecule has 2 heterocycles. The molecule has 6 nitrogen and oxygen atoms in total. The van der Waals surface area contributed by atoms with Gasteiger partial charge in [0, 0.05) is 43.7 Å². The zero-order chi connectivity index (χ0) is 21.8. The Morgan fingerprint density at radius 1 is 0.968 bits per heavy atom. The Bertz CT molecular complexity index is 1140. The SMILES string of the molecule is COC(=O)c1scc(-c2ccccc2)c1S(=O)(=O)N1CCN(Cc2ccccc2)CC1. The van der Waals surface area contributed by atoms with Crippen LogP contribution in [-0.4, -0.2) is 56.9 Å². The Labute approximate surface area is 186 Å². The molecule has 1 saturated heterocycles. The summed E-state index contributed by atoms with van der Waals surface area (Å²) in [6.45, 7) is 2.80. The topological polar surface area (TPSA) is 66.9 Å². The van der Waals surface area contributed by atoms with Crippen LogP contribution >= 0.6 is 11.3 Å². The Hall–Kier alpha value is -2.52. The van der Waals surface area contributed by atoms with Gasteiger partial charge in [-0.2, -0.15) is 4.31 Å². The first-order valence-corrected chi connectivity index (χ1v) is 12.3. The van der Waals surface area contributed by atoms with Gasteiger partial charge in [0.1, 0.15) is 9.77 Å².